The zero-order valence-electron chi connectivity index (χ0n) is 11.3. The molecule has 0 bridgehead atoms. The molecule has 1 aromatic rings. The molecule has 1 saturated heterocycles. The van der Waals surface area contributed by atoms with E-state index in [-0.39, 0.29) is 0 Å². The van der Waals surface area contributed by atoms with Gasteiger partial charge in [-0.25, -0.2) is 0 Å². The van der Waals surface area contributed by atoms with Gasteiger partial charge < -0.3 is 10.6 Å². The van der Waals surface area contributed by atoms with E-state index in [0.29, 0.717) is 18.6 Å². The lowest BCUT2D eigenvalue weighted by Gasteiger charge is -2.42. The monoisotopic (exact) mass is 331 g/mol. The van der Waals surface area contributed by atoms with E-state index in [0.717, 1.165) is 19.6 Å². The Morgan fingerprint density at radius 3 is 2.78 bits per heavy atom. The number of halogens is 1. The van der Waals surface area contributed by atoms with Crippen molar-refractivity contribution >= 4 is 27.3 Å². The number of likely N-dealkylation sites (N-methyl/N-ethyl adjacent to an activating group) is 1. The molecule has 2 rings (SSSR count). The second-order valence-corrected chi connectivity index (χ2v) is 7.30. The molecule has 1 aliphatic heterocycles. The van der Waals surface area contributed by atoms with E-state index in [4.69, 9.17) is 5.73 Å². The van der Waals surface area contributed by atoms with Crippen LogP contribution in [0.15, 0.2) is 10.5 Å². The van der Waals surface area contributed by atoms with Gasteiger partial charge in [0.15, 0.2) is 0 Å². The molecular weight excluding hydrogens is 310 g/mol. The van der Waals surface area contributed by atoms with Crippen LogP contribution in [0.5, 0.6) is 0 Å². The van der Waals surface area contributed by atoms with Crippen molar-refractivity contribution in [2.45, 2.75) is 25.9 Å². The van der Waals surface area contributed by atoms with Gasteiger partial charge in [-0.1, -0.05) is 0 Å². The normalized spacial score (nSPS) is 24.4. The average Bonchev–Trinajstić information content (AvgIpc) is 2.63. The second-order valence-electron chi connectivity index (χ2n) is 5.15. The first-order valence-corrected chi connectivity index (χ1v) is 8.04. The highest BCUT2D eigenvalue weighted by atomic mass is 79.9. The summed E-state index contributed by atoms with van der Waals surface area (Å²) in [5, 5.41) is 0. The highest BCUT2D eigenvalue weighted by Gasteiger charge is 2.29. The molecule has 102 valence electrons. The summed E-state index contributed by atoms with van der Waals surface area (Å²) in [5.41, 5.74) is 6.03. The van der Waals surface area contributed by atoms with Crippen LogP contribution < -0.4 is 5.73 Å². The Labute approximate surface area is 122 Å². The smallest absolute Gasteiger partial charge is 0.0568 e. The van der Waals surface area contributed by atoms with Crippen LogP contribution in [-0.2, 0) is 0 Å². The molecule has 0 aliphatic carbocycles. The van der Waals surface area contributed by atoms with E-state index in [2.05, 4.69) is 52.7 Å². The second kappa shape index (κ2) is 6.01. The summed E-state index contributed by atoms with van der Waals surface area (Å²) in [4.78, 5) is 7.67. The molecule has 1 aliphatic rings. The summed E-state index contributed by atoms with van der Waals surface area (Å²) in [7, 11) is 2.19. The van der Waals surface area contributed by atoms with Crippen molar-refractivity contribution in [1.82, 2.24) is 9.80 Å². The van der Waals surface area contributed by atoms with Crippen molar-refractivity contribution in [3.63, 3.8) is 0 Å². The van der Waals surface area contributed by atoms with E-state index in [1.165, 1.54) is 14.2 Å². The van der Waals surface area contributed by atoms with Gasteiger partial charge in [-0.05, 0) is 42.9 Å². The molecule has 18 heavy (non-hydrogen) atoms. The topological polar surface area (TPSA) is 32.5 Å². The van der Waals surface area contributed by atoms with Crippen LogP contribution >= 0.6 is 27.3 Å². The van der Waals surface area contributed by atoms with Crippen LogP contribution in [0.1, 0.15) is 22.7 Å². The van der Waals surface area contributed by atoms with Crippen molar-refractivity contribution in [3.8, 4) is 0 Å². The lowest BCUT2D eigenvalue weighted by Crippen LogP contribution is -2.52. The molecule has 0 spiro atoms. The molecule has 1 aromatic heterocycles. The predicted octanol–water partition coefficient (Wildman–Crippen LogP) is 2.45. The maximum atomic E-state index is 6.03. The van der Waals surface area contributed by atoms with Crippen LogP contribution in [0.4, 0.5) is 0 Å². The summed E-state index contributed by atoms with van der Waals surface area (Å²) < 4.78 is 1.21. The van der Waals surface area contributed by atoms with Gasteiger partial charge in [0.05, 0.1) is 6.04 Å². The maximum absolute atomic E-state index is 6.03. The van der Waals surface area contributed by atoms with Crippen LogP contribution in [0.25, 0.3) is 0 Å². The zero-order chi connectivity index (χ0) is 13.3. The van der Waals surface area contributed by atoms with Crippen molar-refractivity contribution in [3.05, 3.63) is 20.3 Å². The van der Waals surface area contributed by atoms with Gasteiger partial charge in [0, 0.05) is 46.4 Å². The first kappa shape index (κ1) is 14.5. The third kappa shape index (κ3) is 2.96. The number of rotatable bonds is 3. The van der Waals surface area contributed by atoms with Crippen LogP contribution in [0, 0.1) is 6.92 Å². The van der Waals surface area contributed by atoms with Gasteiger partial charge in [-0.3, -0.25) is 4.90 Å². The molecule has 2 atom stereocenters. The zero-order valence-corrected chi connectivity index (χ0v) is 13.7. The summed E-state index contributed by atoms with van der Waals surface area (Å²) >= 11 is 5.47. The standard InChI is InChI=1S/C13H22BrN3S/c1-9-8-16(3)4-5-17(9)12(7-15)13-6-11(14)10(2)18-13/h6,9,12H,4-5,7-8,15H2,1-3H3. The van der Waals surface area contributed by atoms with Crippen molar-refractivity contribution in [2.24, 2.45) is 5.73 Å². The van der Waals surface area contributed by atoms with Crippen molar-refractivity contribution < 1.29 is 0 Å². The molecule has 1 fully saturated rings. The van der Waals surface area contributed by atoms with Crippen LogP contribution in [-0.4, -0.2) is 49.1 Å². The lowest BCUT2D eigenvalue weighted by molar-refractivity contribution is 0.0648. The summed E-state index contributed by atoms with van der Waals surface area (Å²) in [6.45, 7) is 8.51. The Balaban J connectivity index is 2.18. The molecule has 2 unspecified atom stereocenters. The third-order valence-corrected chi connectivity index (χ3v) is 5.95. The summed E-state index contributed by atoms with van der Waals surface area (Å²) in [6, 6.07) is 3.17. The number of nitrogens with two attached hydrogens (primary N) is 1. The minimum absolute atomic E-state index is 0.365. The molecule has 0 radical (unpaired) electrons. The Morgan fingerprint density at radius 1 is 1.56 bits per heavy atom. The summed E-state index contributed by atoms with van der Waals surface area (Å²) in [6.07, 6.45) is 0. The fourth-order valence-electron chi connectivity index (χ4n) is 2.68. The largest absolute Gasteiger partial charge is 0.329 e. The molecule has 2 heterocycles. The first-order chi connectivity index (χ1) is 8.52. The Hall–Kier alpha value is 0.0600. The number of aryl methyl sites for hydroxylation is 1. The van der Waals surface area contributed by atoms with Gasteiger partial charge in [0.1, 0.15) is 0 Å². The molecular formula is C13H22BrN3S. The van der Waals surface area contributed by atoms with Crippen molar-refractivity contribution in [1.29, 1.82) is 0 Å². The van der Waals surface area contributed by atoms with Gasteiger partial charge in [0.2, 0.25) is 0 Å². The highest BCUT2D eigenvalue weighted by Crippen LogP contribution is 2.34. The van der Waals surface area contributed by atoms with E-state index >= 15 is 0 Å². The Kier molecular flexibility index (Phi) is 4.83. The number of piperazine rings is 1. The Bertz CT molecular complexity index is 387. The quantitative estimate of drug-likeness (QED) is 0.923. The minimum atomic E-state index is 0.365. The number of nitrogens with zero attached hydrogens (tertiary/aromatic N) is 2. The third-order valence-electron chi connectivity index (χ3n) is 3.71. The predicted molar refractivity (Wildman–Crippen MR) is 82.2 cm³/mol. The first-order valence-electron chi connectivity index (χ1n) is 6.43. The van der Waals surface area contributed by atoms with E-state index in [9.17, 15) is 0 Å². The van der Waals surface area contributed by atoms with Gasteiger partial charge in [-0.15, -0.1) is 11.3 Å². The van der Waals surface area contributed by atoms with E-state index < -0.39 is 0 Å². The molecule has 0 amide bonds. The molecule has 3 nitrogen and oxygen atoms in total. The maximum Gasteiger partial charge on any atom is 0.0568 e. The van der Waals surface area contributed by atoms with Gasteiger partial charge >= 0.3 is 0 Å². The fourth-order valence-corrected chi connectivity index (χ4v) is 4.37. The summed E-state index contributed by atoms with van der Waals surface area (Å²) in [5.74, 6) is 0. The molecule has 2 N–H and O–H groups in total. The highest BCUT2D eigenvalue weighted by molar-refractivity contribution is 9.10. The minimum Gasteiger partial charge on any atom is -0.329 e. The van der Waals surface area contributed by atoms with Crippen LogP contribution in [0.3, 0.4) is 0 Å². The number of hydrogen-bond donors (Lipinski definition) is 1. The number of hydrogen-bond acceptors (Lipinski definition) is 4. The number of thiophene rings is 1. The Morgan fingerprint density at radius 2 is 2.28 bits per heavy atom. The molecule has 0 saturated carbocycles. The van der Waals surface area contributed by atoms with Gasteiger partial charge in [0.25, 0.3) is 0 Å². The average molecular weight is 332 g/mol. The molecule has 0 aromatic carbocycles. The van der Waals surface area contributed by atoms with E-state index in [1.54, 1.807) is 0 Å². The molecule has 5 heteroatoms. The fraction of sp³-hybridized carbons (Fsp3) is 0.692. The van der Waals surface area contributed by atoms with E-state index in [1.807, 2.05) is 11.3 Å². The SMILES string of the molecule is Cc1sc(C(CN)N2CCN(C)CC2C)cc1Br. The van der Waals surface area contributed by atoms with Gasteiger partial charge in [-0.2, -0.15) is 0 Å². The van der Waals surface area contributed by atoms with Crippen molar-refractivity contribution in [2.75, 3.05) is 33.2 Å². The lowest BCUT2D eigenvalue weighted by atomic mass is 10.1. The van der Waals surface area contributed by atoms with Crippen LogP contribution in [0.2, 0.25) is 0 Å².